The number of aromatic nitrogens is 5. The number of rotatable bonds is 4. The van der Waals surface area contributed by atoms with Crippen LogP contribution in [0, 0.1) is 11.3 Å². The van der Waals surface area contributed by atoms with Gasteiger partial charge in [-0.15, -0.1) is 0 Å². The van der Waals surface area contributed by atoms with Crippen LogP contribution in [0.4, 0.5) is 43.9 Å². The predicted molar refractivity (Wildman–Crippen MR) is 116 cm³/mol. The van der Waals surface area contributed by atoms with Gasteiger partial charge in [-0.2, -0.15) is 41.3 Å². The molecule has 13 heteroatoms. The molecule has 0 atom stereocenters. The highest BCUT2D eigenvalue weighted by molar-refractivity contribution is 5.59. The number of halogens is 6. The summed E-state index contributed by atoms with van der Waals surface area (Å²) >= 11 is 0. The molecule has 1 aliphatic rings. The van der Waals surface area contributed by atoms with E-state index in [1.807, 2.05) is 4.90 Å². The number of nitrogens with one attached hydrogen (secondary N) is 1. The molecule has 186 valence electrons. The molecule has 7 nitrogen and oxygen atoms in total. The fraction of sp³-hybridized carbons (Fsp3) is 0.409. The quantitative estimate of drug-likeness (QED) is 0.471. The van der Waals surface area contributed by atoms with Crippen molar-refractivity contribution in [3.05, 3.63) is 47.9 Å². The Kier molecular flexibility index (Phi) is 6.05. The van der Waals surface area contributed by atoms with Crippen molar-refractivity contribution in [2.24, 2.45) is 11.3 Å². The molecule has 0 radical (unpaired) electrons. The van der Waals surface area contributed by atoms with Gasteiger partial charge in [0.2, 0.25) is 11.9 Å². The summed E-state index contributed by atoms with van der Waals surface area (Å²) in [6, 6.07) is 5.40. The summed E-state index contributed by atoms with van der Waals surface area (Å²) in [7, 11) is 0. The first-order valence-corrected chi connectivity index (χ1v) is 10.6. The molecule has 3 aromatic heterocycles. The molecule has 0 aromatic carbocycles. The maximum absolute atomic E-state index is 13.2. The Morgan fingerprint density at radius 2 is 1.54 bits per heavy atom. The van der Waals surface area contributed by atoms with Gasteiger partial charge in [0.15, 0.2) is 5.82 Å². The van der Waals surface area contributed by atoms with Crippen molar-refractivity contribution >= 4 is 17.6 Å². The Hall–Kier alpha value is -3.51. The topological polar surface area (TPSA) is 79.7 Å². The Morgan fingerprint density at radius 1 is 0.857 bits per heavy atom. The molecule has 1 aliphatic heterocycles. The first-order valence-electron chi connectivity index (χ1n) is 10.6. The molecule has 0 aliphatic carbocycles. The summed E-state index contributed by atoms with van der Waals surface area (Å²) in [6.07, 6.45) is -8.35. The van der Waals surface area contributed by atoms with E-state index in [9.17, 15) is 26.3 Å². The molecular formula is C22H21F6N7. The molecule has 1 saturated heterocycles. The predicted octanol–water partition coefficient (Wildman–Crippen LogP) is 5.59. The largest absolute Gasteiger partial charge is 0.433 e. The second-order valence-corrected chi connectivity index (χ2v) is 9.21. The average Bonchev–Trinajstić information content (AvgIpc) is 2.70. The van der Waals surface area contributed by atoms with Crippen molar-refractivity contribution < 1.29 is 26.3 Å². The van der Waals surface area contributed by atoms with Crippen LogP contribution in [-0.4, -0.2) is 38.0 Å². The minimum absolute atomic E-state index is 0.00334. The van der Waals surface area contributed by atoms with Crippen LogP contribution >= 0.6 is 0 Å². The van der Waals surface area contributed by atoms with E-state index in [1.54, 1.807) is 0 Å². The van der Waals surface area contributed by atoms with Crippen LogP contribution in [0.25, 0.3) is 11.5 Å². The Balaban J connectivity index is 1.72. The molecular weight excluding hydrogens is 476 g/mol. The van der Waals surface area contributed by atoms with Crippen LogP contribution in [0.2, 0.25) is 0 Å². The van der Waals surface area contributed by atoms with Crippen molar-refractivity contribution in [3.8, 4) is 11.5 Å². The average molecular weight is 497 g/mol. The van der Waals surface area contributed by atoms with Crippen molar-refractivity contribution in [3.63, 3.8) is 0 Å². The zero-order chi connectivity index (χ0) is 25.6. The number of pyridine rings is 2. The minimum atomic E-state index is -4.67. The summed E-state index contributed by atoms with van der Waals surface area (Å²) in [6.45, 7) is 7.49. The second kappa shape index (κ2) is 8.61. The van der Waals surface area contributed by atoms with Gasteiger partial charge in [-0.25, -0.2) is 4.98 Å². The summed E-state index contributed by atoms with van der Waals surface area (Å²) in [5, 5.41) is 2.68. The monoisotopic (exact) mass is 497 g/mol. The smallest absolute Gasteiger partial charge is 0.340 e. The number of anilines is 3. The minimum Gasteiger partial charge on any atom is -0.340 e. The molecule has 0 unspecified atom stereocenters. The van der Waals surface area contributed by atoms with E-state index < -0.39 is 23.7 Å². The Morgan fingerprint density at radius 3 is 2.17 bits per heavy atom. The number of hydrogen-bond acceptors (Lipinski definition) is 7. The van der Waals surface area contributed by atoms with Gasteiger partial charge in [-0.3, -0.25) is 4.98 Å². The number of hydrogen-bond donors (Lipinski definition) is 1. The highest BCUT2D eigenvalue weighted by Crippen LogP contribution is 2.36. The molecule has 0 spiro atoms. The molecule has 1 N–H and O–H groups in total. The molecule has 0 bridgehead atoms. The van der Waals surface area contributed by atoms with Gasteiger partial charge in [0, 0.05) is 25.0 Å². The van der Waals surface area contributed by atoms with Crippen LogP contribution < -0.4 is 10.2 Å². The number of nitrogens with zero attached hydrogens (tertiary/aromatic N) is 6. The lowest BCUT2D eigenvalue weighted by Gasteiger charge is -2.46. The van der Waals surface area contributed by atoms with Gasteiger partial charge in [-0.05, 0) is 35.6 Å². The highest BCUT2D eigenvalue weighted by atomic mass is 19.4. The normalized spacial score (nSPS) is 15.2. The van der Waals surface area contributed by atoms with E-state index in [1.165, 1.54) is 18.2 Å². The first-order chi connectivity index (χ1) is 16.2. The van der Waals surface area contributed by atoms with E-state index in [0.717, 1.165) is 18.3 Å². The fourth-order valence-electron chi connectivity index (χ4n) is 3.38. The lowest BCUT2D eigenvalue weighted by molar-refractivity contribution is -0.141. The van der Waals surface area contributed by atoms with Crippen LogP contribution in [0.3, 0.4) is 0 Å². The van der Waals surface area contributed by atoms with Crippen LogP contribution in [-0.2, 0) is 12.4 Å². The highest BCUT2D eigenvalue weighted by Gasteiger charge is 2.38. The van der Waals surface area contributed by atoms with Crippen LogP contribution in [0.5, 0.6) is 0 Å². The lowest BCUT2D eigenvalue weighted by atomic mass is 9.76. The molecule has 3 aromatic rings. The van der Waals surface area contributed by atoms with Crippen LogP contribution in [0.1, 0.15) is 32.2 Å². The summed E-state index contributed by atoms with van der Waals surface area (Å²) in [4.78, 5) is 21.5. The van der Waals surface area contributed by atoms with E-state index in [-0.39, 0.29) is 34.5 Å². The van der Waals surface area contributed by atoms with Gasteiger partial charge in [0.1, 0.15) is 17.1 Å². The third kappa shape index (κ3) is 5.60. The van der Waals surface area contributed by atoms with Crippen LogP contribution in [0.15, 0.2) is 36.5 Å². The van der Waals surface area contributed by atoms with Crippen molar-refractivity contribution in [1.82, 2.24) is 24.9 Å². The zero-order valence-corrected chi connectivity index (χ0v) is 18.9. The standard InChI is InChI=1S/C22H21F6N7/c1-20(2,3)12-10-35(11-12)19-33-17(14-5-4-6-15(31-14)21(23,24)25)32-18(34-19)30-13-7-8-29-16(9-13)22(26,27)28/h4-9,12H,10-11H2,1-3H3,(H,29,30,32,33,34). The molecule has 0 amide bonds. The van der Waals surface area contributed by atoms with Crippen molar-refractivity contribution in [1.29, 1.82) is 0 Å². The van der Waals surface area contributed by atoms with E-state index in [2.05, 4.69) is 51.0 Å². The second-order valence-electron chi connectivity index (χ2n) is 9.21. The van der Waals surface area contributed by atoms with E-state index >= 15 is 0 Å². The first kappa shape index (κ1) is 24.6. The van der Waals surface area contributed by atoms with Gasteiger partial charge in [0.05, 0.1) is 0 Å². The van der Waals surface area contributed by atoms with E-state index in [0.29, 0.717) is 19.0 Å². The molecule has 4 heterocycles. The summed E-state index contributed by atoms with van der Waals surface area (Å²) in [5.41, 5.74) is -2.35. The number of alkyl halides is 6. The van der Waals surface area contributed by atoms with Gasteiger partial charge >= 0.3 is 12.4 Å². The Bertz CT molecular complexity index is 1210. The Labute approximate surface area is 196 Å². The maximum atomic E-state index is 13.2. The molecule has 1 fully saturated rings. The molecule has 4 rings (SSSR count). The van der Waals surface area contributed by atoms with Gasteiger partial charge in [0.25, 0.3) is 0 Å². The van der Waals surface area contributed by atoms with Crippen molar-refractivity contribution in [2.45, 2.75) is 33.1 Å². The molecule has 35 heavy (non-hydrogen) atoms. The van der Waals surface area contributed by atoms with Gasteiger partial charge < -0.3 is 10.2 Å². The third-order valence-electron chi connectivity index (χ3n) is 5.59. The zero-order valence-electron chi connectivity index (χ0n) is 18.9. The lowest BCUT2D eigenvalue weighted by Crippen LogP contribution is -2.53. The third-order valence-corrected chi connectivity index (χ3v) is 5.59. The summed E-state index contributed by atoms with van der Waals surface area (Å²) in [5.74, 6) is 0.235. The van der Waals surface area contributed by atoms with Crippen molar-refractivity contribution in [2.75, 3.05) is 23.3 Å². The fourth-order valence-corrected chi connectivity index (χ4v) is 3.38. The van der Waals surface area contributed by atoms with E-state index in [4.69, 9.17) is 0 Å². The SMILES string of the molecule is CC(C)(C)C1CN(c2nc(Nc3ccnc(C(F)(F)F)c3)nc(-c3cccc(C(F)(F)F)n3)n2)C1. The summed E-state index contributed by atoms with van der Waals surface area (Å²) < 4.78 is 78.7. The van der Waals surface area contributed by atoms with Gasteiger partial charge in [-0.1, -0.05) is 26.8 Å². The maximum Gasteiger partial charge on any atom is 0.433 e. The molecule has 0 saturated carbocycles.